The number of para-hydroxylation sites is 1. The third-order valence-corrected chi connectivity index (χ3v) is 5.46. The predicted molar refractivity (Wildman–Crippen MR) is 100.0 cm³/mol. The Labute approximate surface area is 164 Å². The number of hydrogen-bond acceptors (Lipinski definition) is 4. The van der Waals surface area contributed by atoms with Gasteiger partial charge >= 0.3 is 6.18 Å². The molecule has 0 spiro atoms. The van der Waals surface area contributed by atoms with Gasteiger partial charge in [-0.25, -0.2) is 0 Å². The molecule has 3 rings (SSSR count). The largest absolute Gasteiger partial charge is 0.433 e. The van der Waals surface area contributed by atoms with Gasteiger partial charge in [-0.15, -0.1) is 11.8 Å². The average molecular weight is 409 g/mol. The van der Waals surface area contributed by atoms with Crippen molar-refractivity contribution in [2.24, 2.45) is 5.92 Å². The summed E-state index contributed by atoms with van der Waals surface area (Å²) in [4.78, 5) is 31.2. The normalized spacial score (nSPS) is 19.8. The lowest BCUT2D eigenvalue weighted by atomic mass is 9.88. The van der Waals surface area contributed by atoms with Crippen LogP contribution in [0.15, 0.2) is 47.5 Å². The van der Waals surface area contributed by atoms with Crippen molar-refractivity contribution in [1.82, 2.24) is 9.88 Å². The second-order valence-electron chi connectivity index (χ2n) is 6.47. The zero-order valence-electron chi connectivity index (χ0n) is 15.2. The van der Waals surface area contributed by atoms with Gasteiger partial charge in [0.05, 0.1) is 5.69 Å². The molecule has 148 valence electrons. The minimum absolute atomic E-state index is 0.230. The Hall–Kier alpha value is -2.55. The van der Waals surface area contributed by atoms with Gasteiger partial charge in [-0.2, -0.15) is 13.2 Å². The van der Waals surface area contributed by atoms with E-state index in [9.17, 15) is 22.8 Å². The third kappa shape index (κ3) is 3.99. The fraction of sp³-hybridized carbons (Fsp3) is 0.316. The van der Waals surface area contributed by atoms with Gasteiger partial charge in [-0.3, -0.25) is 14.6 Å². The van der Waals surface area contributed by atoms with Crippen molar-refractivity contribution in [3.63, 3.8) is 0 Å². The van der Waals surface area contributed by atoms with Gasteiger partial charge in [0, 0.05) is 30.6 Å². The summed E-state index contributed by atoms with van der Waals surface area (Å²) in [5.41, 5.74) is -0.000485. The first kappa shape index (κ1) is 20.2. The number of likely N-dealkylation sites (tertiary alicyclic amines) is 1. The molecule has 1 aliphatic rings. The molecule has 0 bridgehead atoms. The van der Waals surface area contributed by atoms with Crippen LogP contribution in [0.4, 0.5) is 18.9 Å². The smallest absolute Gasteiger partial charge is 0.344 e. The van der Waals surface area contributed by atoms with Gasteiger partial charge in [-0.1, -0.05) is 18.2 Å². The fourth-order valence-corrected chi connectivity index (χ4v) is 3.80. The van der Waals surface area contributed by atoms with Crippen LogP contribution in [0, 0.1) is 5.92 Å². The molecule has 1 aliphatic heterocycles. The average Bonchev–Trinajstić information content (AvgIpc) is 2.96. The van der Waals surface area contributed by atoms with Crippen LogP contribution >= 0.6 is 11.8 Å². The van der Waals surface area contributed by atoms with E-state index in [1.807, 2.05) is 18.4 Å². The van der Waals surface area contributed by atoms with E-state index in [2.05, 4.69) is 10.3 Å². The minimum Gasteiger partial charge on any atom is -0.344 e. The van der Waals surface area contributed by atoms with Crippen molar-refractivity contribution in [2.75, 3.05) is 25.2 Å². The number of alkyl halides is 3. The van der Waals surface area contributed by atoms with Crippen molar-refractivity contribution >= 4 is 29.3 Å². The second kappa shape index (κ2) is 7.83. The number of nitrogens with one attached hydrogen (secondary N) is 1. The second-order valence-corrected chi connectivity index (χ2v) is 7.32. The maximum absolute atomic E-state index is 12.9. The van der Waals surface area contributed by atoms with Crippen LogP contribution in [-0.4, -0.2) is 41.5 Å². The molecule has 2 aromatic rings. The molecular weight excluding hydrogens is 391 g/mol. The monoisotopic (exact) mass is 409 g/mol. The Morgan fingerprint density at radius 2 is 1.96 bits per heavy atom. The third-order valence-electron chi connectivity index (χ3n) is 4.67. The summed E-state index contributed by atoms with van der Waals surface area (Å²) >= 11 is 1.46. The van der Waals surface area contributed by atoms with E-state index in [0.29, 0.717) is 11.3 Å². The summed E-state index contributed by atoms with van der Waals surface area (Å²) in [7, 11) is 1.57. The van der Waals surface area contributed by atoms with E-state index in [1.54, 1.807) is 19.2 Å². The molecule has 0 saturated carbocycles. The van der Waals surface area contributed by atoms with Crippen LogP contribution in [0.25, 0.3) is 0 Å². The number of benzene rings is 1. The van der Waals surface area contributed by atoms with E-state index in [4.69, 9.17) is 0 Å². The lowest BCUT2D eigenvalue weighted by molar-refractivity contribution is -0.141. The predicted octanol–water partition coefficient (Wildman–Crippen LogP) is 3.63. The number of carbonyl (C=O) groups excluding carboxylic acids is 2. The molecule has 1 aromatic carbocycles. The highest BCUT2D eigenvalue weighted by Crippen LogP contribution is 2.36. The fourth-order valence-electron chi connectivity index (χ4n) is 3.24. The summed E-state index contributed by atoms with van der Waals surface area (Å²) in [6.07, 6.45) is -1.58. The Bertz CT molecular complexity index is 887. The van der Waals surface area contributed by atoms with E-state index in [1.165, 1.54) is 22.7 Å². The summed E-state index contributed by atoms with van der Waals surface area (Å²) in [5, 5.41) is 2.78. The lowest BCUT2D eigenvalue weighted by Crippen LogP contribution is -2.32. The van der Waals surface area contributed by atoms with Crippen LogP contribution in [0.5, 0.6) is 0 Å². The minimum atomic E-state index is -4.54. The first-order valence-corrected chi connectivity index (χ1v) is 9.67. The summed E-state index contributed by atoms with van der Waals surface area (Å²) in [6, 6.07) is 9.35. The molecule has 2 heterocycles. The number of anilines is 1. The molecule has 2 atom stereocenters. The number of halogens is 3. The lowest BCUT2D eigenvalue weighted by Gasteiger charge is -2.18. The maximum Gasteiger partial charge on any atom is 0.433 e. The number of nitrogens with zero attached hydrogens (tertiary/aromatic N) is 2. The van der Waals surface area contributed by atoms with Crippen LogP contribution in [0.1, 0.15) is 17.2 Å². The van der Waals surface area contributed by atoms with Gasteiger partial charge < -0.3 is 10.2 Å². The number of thioether (sulfide) groups is 1. The van der Waals surface area contributed by atoms with Gasteiger partial charge in [-0.05, 0) is 30.0 Å². The molecule has 0 unspecified atom stereocenters. The summed E-state index contributed by atoms with van der Waals surface area (Å²) in [6.45, 7) is 0.230. The molecule has 0 aliphatic carbocycles. The first-order chi connectivity index (χ1) is 13.2. The van der Waals surface area contributed by atoms with Gasteiger partial charge in [0.15, 0.2) is 0 Å². The molecule has 1 saturated heterocycles. The quantitative estimate of drug-likeness (QED) is 0.619. The molecule has 2 amide bonds. The molecule has 0 radical (unpaired) electrons. The molecule has 5 nitrogen and oxygen atoms in total. The van der Waals surface area contributed by atoms with E-state index >= 15 is 0 Å². The van der Waals surface area contributed by atoms with E-state index < -0.39 is 29.6 Å². The van der Waals surface area contributed by atoms with Crippen molar-refractivity contribution in [3.05, 3.63) is 53.9 Å². The molecule has 1 aromatic heterocycles. The number of carbonyl (C=O) groups is 2. The standard InChI is InChI=1S/C19H18F3N3O2S/c1-25-10-12(11-7-8-15(23-9-11)19(20,21)22)16(18(25)27)17(26)24-13-5-3-4-6-14(13)28-2/h3-9,12,16H,10H2,1-2H3,(H,24,26)/t12-,16+/m0/s1. The Morgan fingerprint density at radius 1 is 1.25 bits per heavy atom. The molecular formula is C19H18F3N3O2S. The van der Waals surface area contributed by atoms with Gasteiger partial charge in [0.1, 0.15) is 11.6 Å². The van der Waals surface area contributed by atoms with Crippen molar-refractivity contribution in [3.8, 4) is 0 Å². The van der Waals surface area contributed by atoms with Crippen molar-refractivity contribution in [2.45, 2.75) is 17.0 Å². The van der Waals surface area contributed by atoms with Gasteiger partial charge in [0.2, 0.25) is 11.8 Å². The van der Waals surface area contributed by atoms with Gasteiger partial charge in [0.25, 0.3) is 0 Å². The number of likely N-dealkylation sites (N-methyl/N-ethyl adjacent to an activating group) is 1. The summed E-state index contributed by atoms with van der Waals surface area (Å²) < 4.78 is 38.2. The Morgan fingerprint density at radius 3 is 2.57 bits per heavy atom. The molecule has 1 N–H and O–H groups in total. The number of aromatic nitrogens is 1. The van der Waals surface area contributed by atoms with Crippen LogP contribution in [-0.2, 0) is 15.8 Å². The number of hydrogen-bond donors (Lipinski definition) is 1. The highest BCUT2D eigenvalue weighted by atomic mass is 32.2. The Balaban J connectivity index is 1.87. The zero-order chi connectivity index (χ0) is 20.5. The number of pyridine rings is 1. The SMILES string of the molecule is CSc1ccccc1NC(=O)[C@@H]1C(=O)N(C)C[C@H]1c1ccc(C(F)(F)F)nc1. The number of amides is 2. The highest BCUT2D eigenvalue weighted by Gasteiger charge is 2.44. The van der Waals surface area contributed by atoms with Crippen LogP contribution in [0.3, 0.4) is 0 Å². The highest BCUT2D eigenvalue weighted by molar-refractivity contribution is 7.98. The first-order valence-electron chi connectivity index (χ1n) is 8.44. The van der Waals surface area contributed by atoms with E-state index in [-0.39, 0.29) is 12.5 Å². The molecule has 28 heavy (non-hydrogen) atoms. The van der Waals surface area contributed by atoms with Crippen LogP contribution < -0.4 is 5.32 Å². The summed E-state index contributed by atoms with van der Waals surface area (Å²) in [5.74, 6) is -2.46. The topological polar surface area (TPSA) is 62.3 Å². The zero-order valence-corrected chi connectivity index (χ0v) is 16.0. The van der Waals surface area contributed by atoms with Crippen molar-refractivity contribution < 1.29 is 22.8 Å². The molecule has 9 heteroatoms. The molecule has 1 fully saturated rings. The maximum atomic E-state index is 12.9. The van der Waals surface area contributed by atoms with Crippen molar-refractivity contribution in [1.29, 1.82) is 0 Å². The van der Waals surface area contributed by atoms with Crippen LogP contribution in [0.2, 0.25) is 0 Å². The van der Waals surface area contributed by atoms with E-state index in [0.717, 1.165) is 17.2 Å². The number of rotatable bonds is 4. The Kier molecular flexibility index (Phi) is 5.64.